The molecular weight excluding hydrogens is 199 g/mol. The zero-order valence-electron chi connectivity index (χ0n) is 5.29. The van der Waals surface area contributed by atoms with Crippen molar-refractivity contribution in [2.45, 2.75) is 0 Å². The first-order valence-corrected chi connectivity index (χ1v) is 3.54. The molecule has 0 bridgehead atoms. The number of aromatic amines is 1. The number of hydrogen-bond acceptors (Lipinski definition) is 2. The fraction of sp³-hybridized carbons (Fsp3) is 0.200. The first kappa shape index (κ1) is 7.31. The molecule has 1 heterocycles. The van der Waals surface area contributed by atoms with Crippen LogP contribution < -0.4 is 15.7 Å². The number of aromatic nitrogens is 2. The Labute approximate surface area is 64.7 Å². The molecule has 10 heavy (non-hydrogen) atoms. The predicted molar refractivity (Wildman–Crippen MR) is 39.1 cm³/mol. The normalized spacial score (nSPS) is 9.80. The van der Waals surface area contributed by atoms with Crippen molar-refractivity contribution in [3.63, 3.8) is 0 Å². The van der Waals surface area contributed by atoms with E-state index < -0.39 is 0 Å². The molecule has 1 rings (SSSR count). The average Bonchev–Trinajstić information content (AvgIpc) is 1.93. The van der Waals surface area contributed by atoms with Crippen molar-refractivity contribution < 1.29 is 0 Å². The molecule has 0 aliphatic rings. The van der Waals surface area contributed by atoms with Gasteiger partial charge in [0.05, 0.1) is 0 Å². The van der Waals surface area contributed by atoms with Gasteiger partial charge >= 0.3 is 64.1 Å². The second-order valence-corrected chi connectivity index (χ2v) is 2.85. The van der Waals surface area contributed by atoms with Crippen molar-refractivity contribution in [1.29, 1.82) is 0 Å². The second kappa shape index (κ2) is 2.44. The van der Waals surface area contributed by atoms with Crippen molar-refractivity contribution >= 4 is 20.5 Å². The van der Waals surface area contributed by atoms with Crippen LogP contribution in [-0.4, -0.2) is 25.6 Å². The van der Waals surface area contributed by atoms with Gasteiger partial charge in [-0.05, 0) is 0 Å². The quantitative estimate of drug-likeness (QED) is 0.480. The van der Waals surface area contributed by atoms with E-state index in [0.29, 0.717) is 4.46 Å². The Morgan fingerprint density at radius 2 is 2.20 bits per heavy atom. The average molecular weight is 205 g/mol. The van der Waals surface area contributed by atoms with Crippen LogP contribution in [0.3, 0.4) is 0 Å². The molecule has 1 N–H and O–H groups in total. The fourth-order valence-corrected chi connectivity index (χ4v) is 1.00. The van der Waals surface area contributed by atoms with Gasteiger partial charge in [-0.15, -0.1) is 0 Å². The summed E-state index contributed by atoms with van der Waals surface area (Å²) in [6.07, 6.45) is 1.38. The standard InChI is InChI=1S/C5H6N2O2Se/c1-7-4(8)3(10)2-6-5(7)9/h2,10H,1H3,(H,6,9). The Morgan fingerprint density at radius 3 is 2.70 bits per heavy atom. The van der Waals surface area contributed by atoms with E-state index in [1.54, 1.807) is 0 Å². The number of hydrogen-bond donors (Lipinski definition) is 1. The molecule has 0 fully saturated rings. The van der Waals surface area contributed by atoms with Crippen molar-refractivity contribution in [2.75, 3.05) is 0 Å². The molecule has 0 unspecified atom stereocenters. The zero-order chi connectivity index (χ0) is 7.72. The van der Waals surface area contributed by atoms with E-state index in [1.165, 1.54) is 13.2 Å². The van der Waals surface area contributed by atoms with Gasteiger partial charge in [0.15, 0.2) is 0 Å². The van der Waals surface area contributed by atoms with Crippen LogP contribution in [0.25, 0.3) is 0 Å². The minimum absolute atomic E-state index is 0.274. The van der Waals surface area contributed by atoms with Gasteiger partial charge in [-0.3, -0.25) is 0 Å². The summed E-state index contributed by atoms with van der Waals surface area (Å²) in [7, 11) is 1.43. The number of H-pyrrole nitrogens is 1. The van der Waals surface area contributed by atoms with Crippen molar-refractivity contribution in [3.05, 3.63) is 27.0 Å². The molecule has 0 aliphatic carbocycles. The molecule has 0 amide bonds. The molecule has 0 aromatic carbocycles. The molecule has 1 aromatic heterocycles. The van der Waals surface area contributed by atoms with E-state index in [0.717, 1.165) is 4.57 Å². The summed E-state index contributed by atoms with van der Waals surface area (Å²) in [6.45, 7) is 0. The third kappa shape index (κ3) is 1.05. The van der Waals surface area contributed by atoms with Crippen molar-refractivity contribution in [2.24, 2.45) is 7.05 Å². The third-order valence-electron chi connectivity index (χ3n) is 1.16. The van der Waals surface area contributed by atoms with Gasteiger partial charge in [0, 0.05) is 0 Å². The zero-order valence-corrected chi connectivity index (χ0v) is 7.16. The van der Waals surface area contributed by atoms with Crippen LogP contribution in [0.2, 0.25) is 0 Å². The van der Waals surface area contributed by atoms with E-state index in [4.69, 9.17) is 0 Å². The van der Waals surface area contributed by atoms with Gasteiger partial charge in [-0.2, -0.15) is 0 Å². The van der Waals surface area contributed by atoms with Gasteiger partial charge in [-0.1, -0.05) is 0 Å². The van der Waals surface area contributed by atoms with Crippen LogP contribution in [0, 0.1) is 0 Å². The van der Waals surface area contributed by atoms with Crippen LogP contribution >= 0.6 is 0 Å². The molecule has 0 spiro atoms. The number of nitrogens with zero attached hydrogens (tertiary/aromatic N) is 1. The van der Waals surface area contributed by atoms with E-state index >= 15 is 0 Å². The Bertz CT molecular complexity index is 351. The topological polar surface area (TPSA) is 54.9 Å². The van der Waals surface area contributed by atoms with Crippen LogP contribution in [-0.2, 0) is 7.05 Å². The van der Waals surface area contributed by atoms with Gasteiger partial charge in [0.2, 0.25) is 0 Å². The molecule has 0 radical (unpaired) electrons. The Hall–Kier alpha value is -0.801. The second-order valence-electron chi connectivity index (χ2n) is 1.84. The Morgan fingerprint density at radius 1 is 1.60 bits per heavy atom. The van der Waals surface area contributed by atoms with E-state index in [-0.39, 0.29) is 11.2 Å². The van der Waals surface area contributed by atoms with E-state index in [1.807, 2.05) is 0 Å². The van der Waals surface area contributed by atoms with Crippen molar-refractivity contribution in [1.82, 2.24) is 9.55 Å². The number of rotatable bonds is 0. The van der Waals surface area contributed by atoms with Crippen LogP contribution in [0.1, 0.15) is 0 Å². The molecule has 1 aromatic rings. The molecule has 5 heteroatoms. The summed E-state index contributed by atoms with van der Waals surface area (Å²) < 4.78 is 1.50. The van der Waals surface area contributed by atoms with Gasteiger partial charge in [-0.25, -0.2) is 0 Å². The maximum atomic E-state index is 10.9. The first-order valence-electron chi connectivity index (χ1n) is 2.60. The first-order chi connectivity index (χ1) is 4.63. The molecule has 0 saturated carbocycles. The van der Waals surface area contributed by atoms with Crippen LogP contribution in [0.15, 0.2) is 15.8 Å². The van der Waals surface area contributed by atoms with Crippen LogP contribution in [0.5, 0.6) is 0 Å². The number of nitrogens with one attached hydrogen (secondary N) is 1. The fourth-order valence-electron chi connectivity index (χ4n) is 0.553. The summed E-state index contributed by atoms with van der Waals surface area (Å²) in [5.74, 6) is 0. The van der Waals surface area contributed by atoms with E-state index in [2.05, 4.69) is 21.0 Å². The maximum absolute atomic E-state index is 10.9. The Balaban J connectivity index is 3.66. The summed E-state index contributed by atoms with van der Waals surface area (Å²) in [6, 6.07) is 0. The van der Waals surface area contributed by atoms with Crippen LogP contribution in [0.4, 0.5) is 0 Å². The summed E-state index contributed by atoms with van der Waals surface area (Å²) in [4.78, 5) is 24.0. The summed E-state index contributed by atoms with van der Waals surface area (Å²) in [5.41, 5.74) is -0.663. The van der Waals surface area contributed by atoms with Gasteiger partial charge in [0.25, 0.3) is 0 Å². The molecule has 0 atom stereocenters. The van der Waals surface area contributed by atoms with Gasteiger partial charge in [0.1, 0.15) is 0 Å². The molecule has 0 aliphatic heterocycles. The molecule has 4 nitrogen and oxygen atoms in total. The van der Waals surface area contributed by atoms with Gasteiger partial charge < -0.3 is 0 Å². The van der Waals surface area contributed by atoms with E-state index in [9.17, 15) is 9.59 Å². The summed E-state index contributed by atoms with van der Waals surface area (Å²) >= 11 is 2.09. The molecular formula is C5H6N2O2Se. The van der Waals surface area contributed by atoms with Crippen molar-refractivity contribution in [3.8, 4) is 0 Å². The molecule has 54 valence electrons. The monoisotopic (exact) mass is 206 g/mol. The third-order valence-corrected chi connectivity index (χ3v) is 1.83. The minimum atomic E-state index is -0.389. The summed E-state index contributed by atoms with van der Waals surface area (Å²) in [5, 5.41) is 0. The SMILES string of the molecule is Cn1c(=O)[nH]cc([SeH])c1=O. The predicted octanol–water partition coefficient (Wildman–Crippen LogP) is -2.40. The Kier molecular flexibility index (Phi) is 1.78. The molecule has 0 saturated heterocycles.